The molecule has 1 fully saturated rings. The molecule has 100 valence electrons. The van der Waals surface area contributed by atoms with Crippen LogP contribution in [-0.4, -0.2) is 26.1 Å². The third-order valence-corrected chi connectivity index (χ3v) is 3.71. The van der Waals surface area contributed by atoms with Crippen LogP contribution in [0.1, 0.15) is 19.0 Å². The van der Waals surface area contributed by atoms with Gasteiger partial charge in [-0.3, -0.25) is 14.9 Å². The predicted molar refractivity (Wildman–Crippen MR) is 77.0 cm³/mol. The Balaban J connectivity index is 1.97. The molecular weight excluding hydrogens is 250 g/mol. The highest BCUT2D eigenvalue weighted by Crippen LogP contribution is 2.29. The topological polar surface area (TPSA) is 55.6 Å². The number of hydrogen-bond acceptors (Lipinski definition) is 4. The van der Waals surface area contributed by atoms with Crippen molar-refractivity contribution in [2.24, 2.45) is 0 Å². The van der Waals surface area contributed by atoms with E-state index in [1.807, 2.05) is 36.7 Å². The molecule has 0 radical (unpaired) electrons. The smallest absolute Gasteiger partial charge is 0.161 e. The predicted octanol–water partition coefficient (Wildman–Crippen LogP) is 2.38. The van der Waals surface area contributed by atoms with Gasteiger partial charge in [-0.25, -0.2) is 9.97 Å². The fraction of sp³-hybridized carbons (Fsp3) is 0.267. The number of aromatic nitrogens is 4. The Labute approximate surface area is 116 Å². The first-order valence-corrected chi connectivity index (χ1v) is 6.90. The molecule has 4 rings (SSSR count). The first-order valence-electron chi connectivity index (χ1n) is 6.90. The molecule has 1 aliphatic rings. The molecule has 3 aromatic heterocycles. The van der Waals surface area contributed by atoms with E-state index in [0.29, 0.717) is 0 Å². The van der Waals surface area contributed by atoms with E-state index in [2.05, 4.69) is 19.9 Å². The fourth-order valence-electron chi connectivity index (χ4n) is 2.81. The van der Waals surface area contributed by atoms with Gasteiger partial charge in [0, 0.05) is 24.2 Å². The SMILES string of the molecule is c1cncc(-c2nc3cccnc3n2C2CCCN2)c1. The summed E-state index contributed by atoms with van der Waals surface area (Å²) in [5, 5.41) is 3.52. The Kier molecular flexibility index (Phi) is 2.70. The van der Waals surface area contributed by atoms with Gasteiger partial charge in [-0.2, -0.15) is 0 Å². The quantitative estimate of drug-likeness (QED) is 0.773. The van der Waals surface area contributed by atoms with Crippen LogP contribution in [0.25, 0.3) is 22.6 Å². The van der Waals surface area contributed by atoms with Crippen LogP contribution in [0.3, 0.4) is 0 Å². The van der Waals surface area contributed by atoms with Crippen LogP contribution in [0.2, 0.25) is 0 Å². The van der Waals surface area contributed by atoms with E-state index >= 15 is 0 Å². The van der Waals surface area contributed by atoms with Crippen molar-refractivity contribution in [3.8, 4) is 11.4 Å². The van der Waals surface area contributed by atoms with Crippen LogP contribution in [0.5, 0.6) is 0 Å². The highest BCUT2D eigenvalue weighted by molar-refractivity contribution is 5.77. The van der Waals surface area contributed by atoms with Crippen molar-refractivity contribution in [3.63, 3.8) is 0 Å². The van der Waals surface area contributed by atoms with Gasteiger partial charge in [0.05, 0.1) is 6.17 Å². The van der Waals surface area contributed by atoms with Gasteiger partial charge in [-0.05, 0) is 43.7 Å². The van der Waals surface area contributed by atoms with Crippen LogP contribution in [0.15, 0.2) is 42.9 Å². The first-order chi connectivity index (χ1) is 9.93. The molecule has 1 N–H and O–H groups in total. The molecule has 1 atom stereocenters. The Morgan fingerprint density at radius 2 is 2.15 bits per heavy atom. The van der Waals surface area contributed by atoms with Gasteiger partial charge in [0.2, 0.25) is 0 Å². The van der Waals surface area contributed by atoms with Crippen molar-refractivity contribution < 1.29 is 0 Å². The lowest BCUT2D eigenvalue weighted by molar-refractivity contribution is 0.483. The molecule has 0 saturated carbocycles. The molecule has 3 aromatic rings. The summed E-state index contributed by atoms with van der Waals surface area (Å²) in [5.41, 5.74) is 2.89. The summed E-state index contributed by atoms with van der Waals surface area (Å²) in [6, 6.07) is 7.91. The van der Waals surface area contributed by atoms with Crippen LogP contribution < -0.4 is 5.32 Å². The van der Waals surface area contributed by atoms with E-state index in [1.165, 1.54) is 6.42 Å². The zero-order chi connectivity index (χ0) is 13.4. The number of nitrogens with one attached hydrogen (secondary N) is 1. The van der Waals surface area contributed by atoms with E-state index in [4.69, 9.17) is 4.98 Å². The standard InChI is InChI=1S/C15H15N5/c1-4-11(10-16-7-1)14-19-12-5-2-9-18-15(12)20(14)13-6-3-8-17-13/h1-2,4-5,7,9-10,13,17H,3,6,8H2. The van der Waals surface area contributed by atoms with Gasteiger partial charge in [0.15, 0.2) is 5.65 Å². The van der Waals surface area contributed by atoms with Gasteiger partial charge >= 0.3 is 0 Å². The number of rotatable bonds is 2. The summed E-state index contributed by atoms with van der Waals surface area (Å²) in [6.07, 6.45) is 8.02. The Morgan fingerprint density at radius 3 is 2.95 bits per heavy atom. The van der Waals surface area contributed by atoms with E-state index < -0.39 is 0 Å². The molecule has 1 unspecified atom stereocenters. The van der Waals surface area contributed by atoms with Gasteiger partial charge in [-0.1, -0.05) is 0 Å². The summed E-state index contributed by atoms with van der Waals surface area (Å²) in [4.78, 5) is 13.5. The maximum Gasteiger partial charge on any atom is 0.161 e. The van der Waals surface area contributed by atoms with Crippen molar-refractivity contribution in [1.82, 2.24) is 24.8 Å². The minimum Gasteiger partial charge on any atom is -0.297 e. The van der Waals surface area contributed by atoms with E-state index in [0.717, 1.165) is 35.5 Å². The highest BCUT2D eigenvalue weighted by Gasteiger charge is 2.23. The second-order valence-corrected chi connectivity index (χ2v) is 5.01. The molecule has 5 heteroatoms. The lowest BCUT2D eigenvalue weighted by Crippen LogP contribution is -2.21. The maximum absolute atomic E-state index is 4.75. The van der Waals surface area contributed by atoms with Crippen LogP contribution >= 0.6 is 0 Å². The fourth-order valence-corrected chi connectivity index (χ4v) is 2.81. The van der Waals surface area contributed by atoms with Crippen molar-refractivity contribution in [2.75, 3.05) is 6.54 Å². The number of fused-ring (bicyclic) bond motifs is 1. The van der Waals surface area contributed by atoms with Crippen molar-refractivity contribution >= 4 is 11.2 Å². The van der Waals surface area contributed by atoms with E-state index in [9.17, 15) is 0 Å². The lowest BCUT2D eigenvalue weighted by atomic mass is 10.2. The first kappa shape index (κ1) is 11.5. The summed E-state index contributed by atoms with van der Waals surface area (Å²) in [7, 11) is 0. The summed E-state index contributed by atoms with van der Waals surface area (Å²) in [5.74, 6) is 0.936. The average molecular weight is 265 g/mol. The Hall–Kier alpha value is -2.27. The van der Waals surface area contributed by atoms with Crippen LogP contribution in [-0.2, 0) is 0 Å². The second-order valence-electron chi connectivity index (χ2n) is 5.01. The normalized spacial score (nSPS) is 18.7. The molecule has 4 heterocycles. The largest absolute Gasteiger partial charge is 0.297 e. The number of imidazole rings is 1. The lowest BCUT2D eigenvalue weighted by Gasteiger charge is -2.16. The average Bonchev–Trinajstić information content (AvgIpc) is 3.14. The molecule has 0 aliphatic carbocycles. The molecule has 1 saturated heterocycles. The third kappa shape index (κ3) is 1.78. The van der Waals surface area contributed by atoms with Gasteiger partial charge < -0.3 is 0 Å². The van der Waals surface area contributed by atoms with Crippen molar-refractivity contribution in [2.45, 2.75) is 19.0 Å². The zero-order valence-electron chi connectivity index (χ0n) is 11.0. The minimum atomic E-state index is 0.269. The van der Waals surface area contributed by atoms with Crippen molar-refractivity contribution in [3.05, 3.63) is 42.9 Å². The van der Waals surface area contributed by atoms with E-state index in [1.54, 1.807) is 6.20 Å². The van der Waals surface area contributed by atoms with Crippen LogP contribution in [0, 0.1) is 0 Å². The second kappa shape index (κ2) is 4.68. The number of hydrogen-bond donors (Lipinski definition) is 1. The molecule has 1 aliphatic heterocycles. The molecule has 0 amide bonds. The van der Waals surface area contributed by atoms with Crippen molar-refractivity contribution in [1.29, 1.82) is 0 Å². The van der Waals surface area contributed by atoms with E-state index in [-0.39, 0.29) is 6.17 Å². The Bertz CT molecular complexity index is 728. The molecular formula is C15H15N5. The van der Waals surface area contributed by atoms with Gasteiger partial charge in [-0.15, -0.1) is 0 Å². The third-order valence-electron chi connectivity index (χ3n) is 3.71. The Morgan fingerprint density at radius 1 is 1.20 bits per heavy atom. The van der Waals surface area contributed by atoms with Gasteiger partial charge in [0.1, 0.15) is 11.3 Å². The monoisotopic (exact) mass is 265 g/mol. The number of nitrogens with zero attached hydrogens (tertiary/aromatic N) is 4. The summed E-state index contributed by atoms with van der Waals surface area (Å²) in [6.45, 7) is 1.05. The molecule has 0 bridgehead atoms. The summed E-state index contributed by atoms with van der Waals surface area (Å²) >= 11 is 0. The molecule has 5 nitrogen and oxygen atoms in total. The maximum atomic E-state index is 4.75. The molecule has 20 heavy (non-hydrogen) atoms. The highest BCUT2D eigenvalue weighted by atomic mass is 15.3. The van der Waals surface area contributed by atoms with Crippen LogP contribution in [0.4, 0.5) is 0 Å². The summed E-state index contributed by atoms with van der Waals surface area (Å²) < 4.78 is 2.21. The minimum absolute atomic E-state index is 0.269. The zero-order valence-corrected chi connectivity index (χ0v) is 11.0. The van der Waals surface area contributed by atoms with Gasteiger partial charge in [0.25, 0.3) is 0 Å². The molecule has 0 spiro atoms. The molecule has 0 aromatic carbocycles. The number of pyridine rings is 2.